The first-order valence-corrected chi connectivity index (χ1v) is 9.51. The summed E-state index contributed by atoms with van der Waals surface area (Å²) in [7, 11) is 1.31. The van der Waals surface area contributed by atoms with E-state index >= 15 is 0 Å². The van der Waals surface area contributed by atoms with Crippen molar-refractivity contribution in [1.29, 1.82) is 0 Å². The molecule has 0 radical (unpaired) electrons. The van der Waals surface area contributed by atoms with Gasteiger partial charge in [-0.1, -0.05) is 49.4 Å². The van der Waals surface area contributed by atoms with E-state index in [0.29, 0.717) is 23.4 Å². The van der Waals surface area contributed by atoms with E-state index in [4.69, 9.17) is 4.74 Å². The minimum absolute atomic E-state index is 0.280. The second kappa shape index (κ2) is 9.55. The van der Waals surface area contributed by atoms with Crippen LogP contribution in [0.2, 0.25) is 0 Å². The molecular weight excluding hydrogens is 364 g/mol. The summed E-state index contributed by atoms with van der Waals surface area (Å²) in [6.45, 7) is 2.73. The molecule has 3 rings (SSSR count). The summed E-state index contributed by atoms with van der Waals surface area (Å²) >= 11 is 0. The van der Waals surface area contributed by atoms with Crippen LogP contribution in [0.3, 0.4) is 0 Å². The molecule has 0 aliphatic heterocycles. The fourth-order valence-corrected chi connectivity index (χ4v) is 3.10. The second-order valence-corrected chi connectivity index (χ2v) is 6.56. The van der Waals surface area contributed by atoms with Gasteiger partial charge in [-0.15, -0.1) is 0 Å². The number of esters is 1. The Morgan fingerprint density at radius 2 is 1.62 bits per heavy atom. The lowest BCUT2D eigenvalue weighted by molar-refractivity contribution is 0.0602. The zero-order valence-corrected chi connectivity index (χ0v) is 16.6. The molecule has 29 heavy (non-hydrogen) atoms. The van der Waals surface area contributed by atoms with Gasteiger partial charge in [0.25, 0.3) is 5.91 Å². The van der Waals surface area contributed by atoms with Crippen LogP contribution in [0.15, 0.2) is 72.8 Å². The normalized spacial score (nSPS) is 10.3. The predicted molar refractivity (Wildman–Crippen MR) is 115 cm³/mol. The highest BCUT2D eigenvalue weighted by atomic mass is 16.5. The number of anilines is 2. The van der Waals surface area contributed by atoms with Crippen LogP contribution in [0, 0.1) is 0 Å². The van der Waals surface area contributed by atoms with Crippen molar-refractivity contribution in [3.8, 4) is 0 Å². The van der Waals surface area contributed by atoms with E-state index < -0.39 is 5.97 Å². The van der Waals surface area contributed by atoms with E-state index in [1.165, 1.54) is 12.7 Å². The Morgan fingerprint density at radius 1 is 0.897 bits per heavy atom. The van der Waals surface area contributed by atoms with Crippen molar-refractivity contribution in [1.82, 2.24) is 0 Å². The Morgan fingerprint density at radius 3 is 2.38 bits per heavy atom. The van der Waals surface area contributed by atoms with Crippen LogP contribution >= 0.6 is 0 Å². The lowest BCUT2D eigenvalue weighted by Crippen LogP contribution is -2.15. The van der Waals surface area contributed by atoms with Gasteiger partial charge in [-0.2, -0.15) is 0 Å². The topological polar surface area (TPSA) is 67.4 Å². The molecular formula is C24H24N2O3. The number of hydrogen-bond donors (Lipinski definition) is 2. The molecule has 5 nitrogen and oxygen atoms in total. The van der Waals surface area contributed by atoms with Crippen LogP contribution in [0.5, 0.6) is 0 Å². The Labute approximate surface area is 170 Å². The summed E-state index contributed by atoms with van der Waals surface area (Å²) in [5, 5.41) is 6.24. The highest BCUT2D eigenvalue weighted by molar-refractivity contribution is 6.08. The summed E-state index contributed by atoms with van der Waals surface area (Å²) in [5.74, 6) is -0.773. The summed E-state index contributed by atoms with van der Waals surface area (Å²) in [6.07, 6.45) is 0.950. The predicted octanol–water partition coefficient (Wildman–Crippen LogP) is 4.90. The zero-order chi connectivity index (χ0) is 20.6. The summed E-state index contributed by atoms with van der Waals surface area (Å²) in [5.41, 5.74) is 4.59. The minimum atomic E-state index is -0.492. The van der Waals surface area contributed by atoms with Gasteiger partial charge in [0.2, 0.25) is 0 Å². The van der Waals surface area contributed by atoms with Crippen molar-refractivity contribution in [2.45, 2.75) is 19.9 Å². The van der Waals surface area contributed by atoms with Crippen LogP contribution in [0.1, 0.15) is 38.8 Å². The quantitative estimate of drug-likeness (QED) is 0.565. The number of ether oxygens (including phenoxy) is 1. The number of para-hydroxylation sites is 2. The Kier molecular flexibility index (Phi) is 6.63. The molecule has 1 amide bonds. The van der Waals surface area contributed by atoms with Gasteiger partial charge in [-0.05, 0) is 47.9 Å². The summed E-state index contributed by atoms with van der Waals surface area (Å²) in [6, 6.07) is 22.4. The van der Waals surface area contributed by atoms with E-state index in [9.17, 15) is 9.59 Å². The number of aryl methyl sites for hydroxylation is 1. The molecule has 0 aliphatic rings. The molecule has 2 N–H and O–H groups in total. The number of nitrogens with one attached hydrogen (secondary N) is 2. The molecule has 3 aromatic carbocycles. The van der Waals surface area contributed by atoms with Crippen LogP contribution in [0.4, 0.5) is 11.4 Å². The fraction of sp³-hybridized carbons (Fsp3) is 0.167. The zero-order valence-electron chi connectivity index (χ0n) is 16.6. The van der Waals surface area contributed by atoms with E-state index in [-0.39, 0.29) is 5.91 Å². The first-order valence-electron chi connectivity index (χ1n) is 9.51. The molecule has 0 saturated heterocycles. The largest absolute Gasteiger partial charge is 0.465 e. The molecule has 0 saturated carbocycles. The Balaban J connectivity index is 1.73. The smallest absolute Gasteiger partial charge is 0.339 e. The van der Waals surface area contributed by atoms with Crippen LogP contribution in [-0.4, -0.2) is 19.0 Å². The maximum Gasteiger partial charge on any atom is 0.339 e. The lowest BCUT2D eigenvalue weighted by Gasteiger charge is -2.12. The molecule has 0 fully saturated rings. The number of rotatable bonds is 7. The number of carbonyl (C=O) groups is 2. The monoisotopic (exact) mass is 388 g/mol. The molecule has 0 aromatic heterocycles. The lowest BCUT2D eigenvalue weighted by atomic mass is 10.1. The van der Waals surface area contributed by atoms with Crippen molar-refractivity contribution in [3.05, 3.63) is 95.1 Å². The molecule has 0 spiro atoms. The van der Waals surface area contributed by atoms with Gasteiger partial charge in [0, 0.05) is 17.8 Å². The number of carbonyl (C=O) groups excluding carboxylic acids is 2. The first-order chi connectivity index (χ1) is 14.1. The molecule has 0 unspecified atom stereocenters. The number of hydrogen-bond acceptors (Lipinski definition) is 4. The summed E-state index contributed by atoms with van der Waals surface area (Å²) < 4.78 is 4.78. The van der Waals surface area contributed by atoms with Gasteiger partial charge in [0.05, 0.1) is 18.4 Å². The highest BCUT2D eigenvalue weighted by Gasteiger charge is 2.14. The van der Waals surface area contributed by atoms with Gasteiger partial charge in [-0.25, -0.2) is 4.79 Å². The fourth-order valence-electron chi connectivity index (χ4n) is 3.10. The Bertz CT molecular complexity index is 1010. The van der Waals surface area contributed by atoms with E-state index in [0.717, 1.165) is 17.7 Å². The minimum Gasteiger partial charge on any atom is -0.465 e. The number of methoxy groups -OCH3 is 1. The van der Waals surface area contributed by atoms with Crippen LogP contribution in [0.25, 0.3) is 0 Å². The standard InChI is InChI=1S/C24H24N2O3/c1-3-18-10-4-6-13-21(18)25-16-17-9-8-11-19(15-17)23(27)26-22-14-7-5-12-20(22)24(28)29-2/h4-15,25H,3,16H2,1-2H3,(H,26,27). The SMILES string of the molecule is CCc1ccccc1NCc1cccc(C(=O)Nc2ccccc2C(=O)OC)c1. The van der Waals surface area contributed by atoms with Crippen molar-refractivity contribution in [2.75, 3.05) is 17.7 Å². The van der Waals surface area contributed by atoms with E-state index in [1.807, 2.05) is 30.3 Å². The van der Waals surface area contributed by atoms with Gasteiger partial charge >= 0.3 is 5.97 Å². The molecule has 0 bridgehead atoms. The molecule has 0 heterocycles. The van der Waals surface area contributed by atoms with Crippen LogP contribution < -0.4 is 10.6 Å². The Hall–Kier alpha value is -3.60. The van der Waals surface area contributed by atoms with E-state index in [1.54, 1.807) is 30.3 Å². The molecule has 148 valence electrons. The maximum absolute atomic E-state index is 12.7. The highest BCUT2D eigenvalue weighted by Crippen LogP contribution is 2.19. The second-order valence-electron chi connectivity index (χ2n) is 6.56. The third kappa shape index (κ3) is 5.02. The number of benzene rings is 3. The van der Waals surface area contributed by atoms with Crippen LogP contribution in [-0.2, 0) is 17.7 Å². The van der Waals surface area contributed by atoms with Crippen molar-refractivity contribution >= 4 is 23.3 Å². The molecule has 0 aliphatic carbocycles. The van der Waals surface area contributed by atoms with Crippen molar-refractivity contribution in [2.24, 2.45) is 0 Å². The molecule has 5 heteroatoms. The van der Waals surface area contributed by atoms with Gasteiger partial charge in [0.15, 0.2) is 0 Å². The third-order valence-electron chi connectivity index (χ3n) is 4.65. The van der Waals surface area contributed by atoms with Gasteiger partial charge < -0.3 is 15.4 Å². The maximum atomic E-state index is 12.7. The summed E-state index contributed by atoms with van der Waals surface area (Å²) in [4.78, 5) is 24.6. The molecule has 3 aromatic rings. The first kappa shape index (κ1) is 20.1. The van der Waals surface area contributed by atoms with Crippen molar-refractivity contribution < 1.29 is 14.3 Å². The average Bonchev–Trinajstić information content (AvgIpc) is 2.77. The number of amides is 1. The third-order valence-corrected chi connectivity index (χ3v) is 4.65. The van der Waals surface area contributed by atoms with Gasteiger partial charge in [0.1, 0.15) is 0 Å². The van der Waals surface area contributed by atoms with E-state index in [2.05, 4.69) is 29.7 Å². The molecule has 0 atom stereocenters. The average molecular weight is 388 g/mol. The van der Waals surface area contributed by atoms with Gasteiger partial charge in [-0.3, -0.25) is 4.79 Å². The van der Waals surface area contributed by atoms with Crippen molar-refractivity contribution in [3.63, 3.8) is 0 Å².